The quantitative estimate of drug-likeness (QED) is 0.308. The molecule has 38 heavy (non-hydrogen) atoms. The summed E-state index contributed by atoms with van der Waals surface area (Å²) in [6.45, 7) is 3.10. The van der Waals surface area contributed by atoms with Gasteiger partial charge in [0, 0.05) is 35.0 Å². The van der Waals surface area contributed by atoms with E-state index in [1.165, 1.54) is 6.92 Å². The van der Waals surface area contributed by atoms with E-state index in [4.69, 9.17) is 30.9 Å². The van der Waals surface area contributed by atoms with Gasteiger partial charge in [0.05, 0.1) is 19.7 Å². The lowest BCUT2D eigenvalue weighted by molar-refractivity contribution is -0.162. The number of fused-ring (bicyclic) bond motifs is 1. The molecule has 4 rings (SSSR count). The minimum absolute atomic E-state index is 0.0654. The molecule has 1 unspecified atom stereocenters. The van der Waals surface area contributed by atoms with Gasteiger partial charge in [-0.25, -0.2) is 4.79 Å². The van der Waals surface area contributed by atoms with Crippen molar-refractivity contribution in [2.75, 3.05) is 14.2 Å². The van der Waals surface area contributed by atoms with Crippen molar-refractivity contribution in [2.45, 2.75) is 26.4 Å². The molecule has 0 spiro atoms. The van der Waals surface area contributed by atoms with Crippen LogP contribution in [0.25, 0.3) is 10.9 Å². The van der Waals surface area contributed by atoms with Crippen molar-refractivity contribution in [1.29, 1.82) is 0 Å². The van der Waals surface area contributed by atoms with Gasteiger partial charge < -0.3 is 19.3 Å². The SMILES string of the molecule is COc1ccc(CC(OC(C)=O)C(=O)O)cc1.COc1ccc2c(c1)cc(C)n2C(=O)c1ccc(Cl)cc1. The molecular formula is C29H28ClNO7. The number of methoxy groups -OCH3 is 2. The number of halogens is 1. The molecule has 1 atom stereocenters. The first kappa shape index (κ1) is 28.3. The van der Waals surface area contributed by atoms with Crippen LogP contribution in [0.3, 0.4) is 0 Å². The van der Waals surface area contributed by atoms with Gasteiger partial charge in [0.2, 0.25) is 6.10 Å². The fourth-order valence-electron chi connectivity index (χ4n) is 3.80. The third kappa shape index (κ3) is 7.14. The number of carbonyl (C=O) groups is 3. The maximum absolute atomic E-state index is 12.7. The van der Waals surface area contributed by atoms with Crippen LogP contribution in [-0.2, 0) is 20.7 Å². The van der Waals surface area contributed by atoms with Crippen molar-refractivity contribution in [3.8, 4) is 11.5 Å². The Morgan fingerprint density at radius 1 is 0.895 bits per heavy atom. The monoisotopic (exact) mass is 537 g/mol. The highest BCUT2D eigenvalue weighted by atomic mass is 35.5. The van der Waals surface area contributed by atoms with E-state index in [1.807, 2.05) is 31.2 Å². The number of aryl methyl sites for hydroxylation is 1. The molecular weight excluding hydrogens is 510 g/mol. The molecule has 0 saturated carbocycles. The molecule has 0 bridgehead atoms. The lowest BCUT2D eigenvalue weighted by atomic mass is 10.1. The summed E-state index contributed by atoms with van der Waals surface area (Å²) in [6.07, 6.45) is -1.01. The number of nitrogens with zero attached hydrogens (tertiary/aromatic N) is 1. The van der Waals surface area contributed by atoms with Crippen molar-refractivity contribution >= 4 is 40.3 Å². The fraction of sp³-hybridized carbons (Fsp3) is 0.207. The standard InChI is InChI=1S/C17H14ClNO2.C12H14O5/c1-11-9-13-10-15(21-2)7-8-16(13)19(11)17(20)12-3-5-14(18)6-4-12;1-8(13)17-11(12(14)15)7-9-3-5-10(16-2)6-4-9/h3-10H,1-2H3;3-6,11H,7H2,1-2H3,(H,14,15). The molecule has 0 saturated heterocycles. The molecule has 1 heterocycles. The second kappa shape index (κ2) is 12.8. The van der Waals surface area contributed by atoms with E-state index >= 15 is 0 Å². The molecule has 0 amide bonds. The molecule has 9 heteroatoms. The summed E-state index contributed by atoms with van der Waals surface area (Å²) in [5, 5.41) is 10.5. The van der Waals surface area contributed by atoms with Crippen molar-refractivity contribution in [2.24, 2.45) is 0 Å². The van der Waals surface area contributed by atoms with Gasteiger partial charge in [-0.2, -0.15) is 0 Å². The average molecular weight is 538 g/mol. The summed E-state index contributed by atoms with van der Waals surface area (Å²) in [4.78, 5) is 34.3. The van der Waals surface area contributed by atoms with E-state index in [9.17, 15) is 14.4 Å². The van der Waals surface area contributed by atoms with Gasteiger partial charge in [0.25, 0.3) is 5.91 Å². The van der Waals surface area contributed by atoms with Crippen LogP contribution >= 0.6 is 11.6 Å². The van der Waals surface area contributed by atoms with Gasteiger partial charge in [-0.3, -0.25) is 14.2 Å². The van der Waals surface area contributed by atoms with Crippen LogP contribution in [0.4, 0.5) is 0 Å². The minimum atomic E-state index is -1.16. The van der Waals surface area contributed by atoms with E-state index < -0.39 is 18.0 Å². The summed E-state index contributed by atoms with van der Waals surface area (Å²) >= 11 is 5.87. The molecule has 1 N–H and O–H groups in total. The fourth-order valence-corrected chi connectivity index (χ4v) is 3.93. The van der Waals surface area contributed by atoms with Crippen molar-refractivity contribution in [3.63, 3.8) is 0 Å². The number of carboxylic acids is 1. The van der Waals surface area contributed by atoms with Crippen LogP contribution in [-0.4, -0.2) is 47.8 Å². The Morgan fingerprint density at radius 3 is 2.05 bits per heavy atom. The Balaban J connectivity index is 0.000000216. The van der Waals surface area contributed by atoms with Gasteiger partial charge >= 0.3 is 11.9 Å². The van der Waals surface area contributed by atoms with Crippen LogP contribution in [0.5, 0.6) is 11.5 Å². The summed E-state index contributed by atoms with van der Waals surface area (Å²) in [6, 6.07) is 21.5. The first-order valence-electron chi connectivity index (χ1n) is 11.6. The average Bonchev–Trinajstić information content (AvgIpc) is 3.23. The van der Waals surface area contributed by atoms with Gasteiger partial charge in [-0.15, -0.1) is 0 Å². The molecule has 0 fully saturated rings. The van der Waals surface area contributed by atoms with E-state index in [0.717, 1.165) is 27.9 Å². The van der Waals surface area contributed by atoms with Gasteiger partial charge in [-0.1, -0.05) is 23.7 Å². The van der Waals surface area contributed by atoms with Gasteiger partial charge in [0.1, 0.15) is 11.5 Å². The van der Waals surface area contributed by atoms with E-state index in [2.05, 4.69) is 0 Å². The molecule has 0 aliphatic heterocycles. The van der Waals surface area contributed by atoms with E-state index in [1.54, 1.807) is 67.3 Å². The Kier molecular flexibility index (Phi) is 9.51. The molecule has 0 aliphatic carbocycles. The Labute approximate surface area is 225 Å². The summed E-state index contributed by atoms with van der Waals surface area (Å²) < 4.78 is 16.6. The second-order valence-corrected chi connectivity index (χ2v) is 8.78. The molecule has 4 aromatic rings. The van der Waals surface area contributed by atoms with Crippen molar-refractivity contribution in [3.05, 3.63) is 94.6 Å². The number of hydrogen-bond acceptors (Lipinski definition) is 6. The van der Waals surface area contributed by atoms with Gasteiger partial charge in [-0.05, 0) is 73.2 Å². The molecule has 1 aromatic heterocycles. The van der Waals surface area contributed by atoms with Crippen LogP contribution in [0.15, 0.2) is 72.8 Å². The predicted octanol–water partition coefficient (Wildman–Crippen LogP) is 5.55. The molecule has 0 radical (unpaired) electrons. The Morgan fingerprint density at radius 2 is 1.50 bits per heavy atom. The molecule has 0 aliphatic rings. The first-order chi connectivity index (χ1) is 18.1. The normalized spacial score (nSPS) is 11.2. The van der Waals surface area contributed by atoms with Crippen LogP contribution in [0.2, 0.25) is 5.02 Å². The molecule has 3 aromatic carbocycles. The zero-order chi connectivity index (χ0) is 27.8. The maximum atomic E-state index is 12.7. The first-order valence-corrected chi connectivity index (χ1v) is 12.0. The smallest absolute Gasteiger partial charge is 0.345 e. The third-order valence-electron chi connectivity index (χ3n) is 5.65. The number of benzene rings is 3. The number of esters is 1. The van der Waals surface area contributed by atoms with Crippen LogP contribution in [0, 0.1) is 6.92 Å². The molecule has 8 nitrogen and oxygen atoms in total. The number of ether oxygens (including phenoxy) is 3. The number of carbonyl (C=O) groups excluding carboxylic acids is 2. The highest BCUT2D eigenvalue weighted by Crippen LogP contribution is 2.25. The van der Waals surface area contributed by atoms with E-state index in [0.29, 0.717) is 16.3 Å². The van der Waals surface area contributed by atoms with Crippen molar-refractivity contribution < 1.29 is 33.7 Å². The maximum Gasteiger partial charge on any atom is 0.345 e. The number of aromatic nitrogens is 1. The largest absolute Gasteiger partial charge is 0.497 e. The Bertz CT molecular complexity index is 1430. The third-order valence-corrected chi connectivity index (χ3v) is 5.90. The second-order valence-electron chi connectivity index (χ2n) is 8.35. The number of carboxylic acid groups (broad SMARTS) is 1. The molecule has 198 valence electrons. The highest BCUT2D eigenvalue weighted by Gasteiger charge is 2.21. The van der Waals surface area contributed by atoms with Crippen molar-refractivity contribution in [1.82, 2.24) is 4.57 Å². The Hall–Kier alpha value is -4.30. The summed E-state index contributed by atoms with van der Waals surface area (Å²) in [7, 11) is 3.18. The predicted molar refractivity (Wildman–Crippen MR) is 144 cm³/mol. The zero-order valence-electron chi connectivity index (χ0n) is 21.4. The van der Waals surface area contributed by atoms with Crippen LogP contribution in [0.1, 0.15) is 28.5 Å². The number of rotatable bonds is 7. The lowest BCUT2D eigenvalue weighted by Gasteiger charge is -2.12. The van der Waals surface area contributed by atoms with E-state index in [-0.39, 0.29) is 12.3 Å². The highest BCUT2D eigenvalue weighted by molar-refractivity contribution is 6.30. The summed E-state index contributed by atoms with van der Waals surface area (Å²) in [5.41, 5.74) is 3.13. The minimum Gasteiger partial charge on any atom is -0.497 e. The number of aliphatic carboxylic acids is 1. The summed E-state index contributed by atoms with van der Waals surface area (Å²) in [5.74, 6) is -0.363. The zero-order valence-corrected chi connectivity index (χ0v) is 22.2. The van der Waals surface area contributed by atoms with Crippen LogP contribution < -0.4 is 9.47 Å². The van der Waals surface area contributed by atoms with Gasteiger partial charge in [0.15, 0.2) is 0 Å². The number of hydrogen-bond donors (Lipinski definition) is 1. The topological polar surface area (TPSA) is 104 Å². The lowest BCUT2D eigenvalue weighted by Crippen LogP contribution is -2.28.